The van der Waals surface area contributed by atoms with Crippen molar-refractivity contribution < 1.29 is 22.7 Å². The summed E-state index contributed by atoms with van der Waals surface area (Å²) in [6.45, 7) is 0.847. The topological polar surface area (TPSA) is 84.9 Å². The molecule has 3 atom stereocenters. The van der Waals surface area contributed by atoms with E-state index in [2.05, 4.69) is 5.32 Å². The number of benzene rings is 1. The largest absolute Gasteiger partial charge is 0.486 e. The summed E-state index contributed by atoms with van der Waals surface area (Å²) in [5.74, 6) is 0.847. The molecule has 0 unspecified atom stereocenters. The van der Waals surface area contributed by atoms with Crippen molar-refractivity contribution in [2.75, 3.05) is 20.3 Å². The number of piperidine rings is 1. The zero-order valence-corrected chi connectivity index (χ0v) is 14.2. The Morgan fingerprint density at radius 2 is 1.96 bits per heavy atom. The smallest absolute Gasteiger partial charge is 0.244 e. The highest BCUT2D eigenvalue weighted by Gasteiger charge is 2.54. The van der Waals surface area contributed by atoms with Crippen LogP contribution in [0.3, 0.4) is 0 Å². The summed E-state index contributed by atoms with van der Waals surface area (Å²) in [5, 5.41) is 2.61. The van der Waals surface area contributed by atoms with Gasteiger partial charge in [-0.15, -0.1) is 0 Å². The van der Waals surface area contributed by atoms with Crippen molar-refractivity contribution in [2.45, 2.75) is 36.2 Å². The lowest BCUT2D eigenvalue weighted by Gasteiger charge is -2.33. The molecule has 130 valence electrons. The van der Waals surface area contributed by atoms with Crippen LogP contribution in [0.4, 0.5) is 0 Å². The van der Waals surface area contributed by atoms with E-state index in [1.165, 1.54) is 16.4 Å². The van der Waals surface area contributed by atoms with E-state index in [4.69, 9.17) is 9.47 Å². The van der Waals surface area contributed by atoms with Gasteiger partial charge < -0.3 is 14.8 Å². The third kappa shape index (κ3) is 2.28. The molecule has 2 fully saturated rings. The molecule has 1 saturated carbocycles. The number of nitrogens with zero attached hydrogens (tertiary/aromatic N) is 1. The average molecular weight is 352 g/mol. The molecule has 1 aromatic rings. The van der Waals surface area contributed by atoms with Crippen LogP contribution >= 0.6 is 0 Å². The molecule has 7 nitrogen and oxygen atoms in total. The standard InChI is InChI=1S/C16H20N2O5S/c1-17-16(19)15-10-2-3-11(8-10)18(15)24(20,21)12-4-5-13-14(9-12)23-7-6-22-13/h4-5,9-11,15H,2-3,6-8H2,1H3,(H,17,19)/t10-,11-,15+/m0/s1. The van der Waals surface area contributed by atoms with E-state index in [9.17, 15) is 13.2 Å². The zero-order chi connectivity index (χ0) is 16.9. The van der Waals surface area contributed by atoms with Gasteiger partial charge in [-0.1, -0.05) is 0 Å². The van der Waals surface area contributed by atoms with Crippen LogP contribution in [0.15, 0.2) is 23.1 Å². The van der Waals surface area contributed by atoms with Crippen LogP contribution in [-0.4, -0.2) is 51.0 Å². The molecule has 2 heterocycles. The minimum Gasteiger partial charge on any atom is -0.486 e. The molecule has 1 aromatic carbocycles. The Labute approximate surface area is 141 Å². The summed E-state index contributed by atoms with van der Waals surface area (Å²) in [6.07, 6.45) is 2.46. The summed E-state index contributed by atoms with van der Waals surface area (Å²) in [6, 6.07) is 3.92. The van der Waals surface area contributed by atoms with Crippen LogP contribution in [0.5, 0.6) is 11.5 Å². The number of hydrogen-bond donors (Lipinski definition) is 1. The second-order valence-corrected chi connectivity index (χ2v) is 8.27. The van der Waals surface area contributed by atoms with Gasteiger partial charge in [0.05, 0.1) is 4.90 Å². The van der Waals surface area contributed by atoms with Crippen molar-refractivity contribution in [3.63, 3.8) is 0 Å². The Morgan fingerprint density at radius 1 is 1.21 bits per heavy atom. The lowest BCUT2D eigenvalue weighted by Crippen LogP contribution is -2.52. The van der Waals surface area contributed by atoms with Gasteiger partial charge in [0.1, 0.15) is 19.3 Å². The van der Waals surface area contributed by atoms with Gasteiger partial charge >= 0.3 is 0 Å². The molecule has 4 rings (SSSR count). The van der Waals surface area contributed by atoms with Crippen molar-refractivity contribution in [1.29, 1.82) is 0 Å². The number of hydrogen-bond acceptors (Lipinski definition) is 5. The van der Waals surface area contributed by atoms with E-state index >= 15 is 0 Å². The van der Waals surface area contributed by atoms with Gasteiger partial charge in [0.15, 0.2) is 11.5 Å². The van der Waals surface area contributed by atoms with E-state index in [0.29, 0.717) is 24.7 Å². The number of rotatable bonds is 3. The lowest BCUT2D eigenvalue weighted by atomic mass is 9.99. The molecule has 0 aromatic heterocycles. The first kappa shape index (κ1) is 15.7. The predicted molar refractivity (Wildman–Crippen MR) is 85.4 cm³/mol. The zero-order valence-electron chi connectivity index (χ0n) is 13.4. The highest BCUT2D eigenvalue weighted by Crippen LogP contribution is 2.46. The lowest BCUT2D eigenvalue weighted by molar-refractivity contribution is -0.125. The van der Waals surface area contributed by atoms with Crippen molar-refractivity contribution in [1.82, 2.24) is 9.62 Å². The highest BCUT2D eigenvalue weighted by molar-refractivity contribution is 7.89. The van der Waals surface area contributed by atoms with E-state index in [0.717, 1.165) is 19.3 Å². The first-order valence-electron chi connectivity index (χ1n) is 8.17. The summed E-state index contributed by atoms with van der Waals surface area (Å²) >= 11 is 0. The van der Waals surface area contributed by atoms with Crippen molar-refractivity contribution >= 4 is 15.9 Å². The summed E-state index contributed by atoms with van der Waals surface area (Å²) in [7, 11) is -2.23. The molecule has 8 heteroatoms. The Balaban J connectivity index is 1.73. The molecule has 3 aliphatic rings. The van der Waals surface area contributed by atoms with Gasteiger partial charge in [-0.05, 0) is 37.3 Å². The fourth-order valence-corrected chi connectivity index (χ4v) is 5.96. The molecule has 0 spiro atoms. The second kappa shape index (κ2) is 5.63. The van der Waals surface area contributed by atoms with Gasteiger partial charge in [0.2, 0.25) is 15.9 Å². The van der Waals surface area contributed by atoms with E-state index in [-0.39, 0.29) is 22.8 Å². The van der Waals surface area contributed by atoms with Crippen LogP contribution in [0.25, 0.3) is 0 Å². The van der Waals surface area contributed by atoms with E-state index in [1.54, 1.807) is 13.1 Å². The minimum atomic E-state index is -3.77. The summed E-state index contributed by atoms with van der Waals surface area (Å²) in [4.78, 5) is 12.4. The molecular formula is C16H20N2O5S. The molecule has 1 amide bonds. The van der Waals surface area contributed by atoms with Crippen molar-refractivity contribution in [3.8, 4) is 11.5 Å². The van der Waals surface area contributed by atoms with Crippen LogP contribution in [0.2, 0.25) is 0 Å². The Morgan fingerprint density at radius 3 is 2.71 bits per heavy atom. The number of carbonyl (C=O) groups is 1. The van der Waals surface area contributed by atoms with Crippen LogP contribution < -0.4 is 14.8 Å². The number of likely N-dealkylation sites (N-methyl/N-ethyl adjacent to an activating group) is 1. The highest BCUT2D eigenvalue weighted by atomic mass is 32.2. The second-order valence-electron chi connectivity index (χ2n) is 6.43. The summed E-state index contributed by atoms with van der Waals surface area (Å²) < 4.78 is 38.7. The van der Waals surface area contributed by atoms with Crippen molar-refractivity contribution in [3.05, 3.63) is 18.2 Å². The molecule has 2 aliphatic heterocycles. The minimum absolute atomic E-state index is 0.0990. The molecular weight excluding hydrogens is 332 g/mol. The van der Waals surface area contributed by atoms with Gasteiger partial charge in [-0.25, -0.2) is 8.42 Å². The maximum absolute atomic E-state index is 13.2. The Kier molecular flexibility index (Phi) is 3.69. The summed E-state index contributed by atoms with van der Waals surface area (Å²) in [5.41, 5.74) is 0. The molecule has 1 aliphatic carbocycles. The molecule has 1 saturated heterocycles. The Bertz CT molecular complexity index is 779. The number of nitrogens with one attached hydrogen (secondary N) is 1. The van der Waals surface area contributed by atoms with Gasteiger partial charge in [-0.3, -0.25) is 4.79 Å². The number of fused-ring (bicyclic) bond motifs is 3. The molecule has 24 heavy (non-hydrogen) atoms. The first-order chi connectivity index (χ1) is 11.5. The SMILES string of the molecule is CNC(=O)[C@H]1[C@H]2CC[C@@H](C2)N1S(=O)(=O)c1ccc2c(c1)OCCO2. The monoisotopic (exact) mass is 352 g/mol. The van der Waals surface area contributed by atoms with Crippen LogP contribution in [0.1, 0.15) is 19.3 Å². The van der Waals surface area contributed by atoms with E-state index < -0.39 is 16.1 Å². The van der Waals surface area contributed by atoms with Crippen LogP contribution in [0, 0.1) is 5.92 Å². The molecule has 0 radical (unpaired) electrons. The van der Waals surface area contributed by atoms with Crippen molar-refractivity contribution in [2.24, 2.45) is 5.92 Å². The fourth-order valence-electron chi connectivity index (χ4n) is 4.07. The number of carbonyl (C=O) groups excluding carboxylic acids is 1. The van der Waals surface area contributed by atoms with Gasteiger partial charge in [-0.2, -0.15) is 4.31 Å². The fraction of sp³-hybridized carbons (Fsp3) is 0.562. The quantitative estimate of drug-likeness (QED) is 0.868. The maximum Gasteiger partial charge on any atom is 0.244 e. The molecule has 2 bridgehead atoms. The van der Waals surface area contributed by atoms with Crippen LogP contribution in [-0.2, 0) is 14.8 Å². The number of ether oxygens (including phenoxy) is 2. The third-order valence-corrected chi connectivity index (χ3v) is 7.06. The number of sulfonamides is 1. The Hall–Kier alpha value is -1.80. The third-order valence-electron chi connectivity index (χ3n) is 5.13. The molecule has 1 N–H and O–H groups in total. The van der Waals surface area contributed by atoms with E-state index in [1.807, 2.05) is 0 Å². The van der Waals surface area contributed by atoms with Gasteiger partial charge in [0, 0.05) is 19.2 Å². The van der Waals surface area contributed by atoms with Gasteiger partial charge in [0.25, 0.3) is 0 Å². The normalized spacial score (nSPS) is 28.8. The first-order valence-corrected chi connectivity index (χ1v) is 9.61. The maximum atomic E-state index is 13.2. The number of amides is 1. The average Bonchev–Trinajstić information content (AvgIpc) is 3.22. The predicted octanol–water partition coefficient (Wildman–Crippen LogP) is 0.745.